The van der Waals surface area contributed by atoms with Gasteiger partial charge >= 0.3 is 0 Å². The fourth-order valence-electron chi connectivity index (χ4n) is 2.55. The SMILES string of the molecule is COc1cc(N[C@H]2CCC[C@H]2N)cc(OC)c1OC. The van der Waals surface area contributed by atoms with Crippen molar-refractivity contribution in [3.8, 4) is 17.2 Å². The van der Waals surface area contributed by atoms with Gasteiger partial charge < -0.3 is 25.3 Å². The molecule has 0 radical (unpaired) electrons. The number of benzene rings is 1. The number of nitrogens with two attached hydrogens (primary N) is 1. The number of hydrogen-bond donors (Lipinski definition) is 2. The van der Waals surface area contributed by atoms with Gasteiger partial charge in [-0.15, -0.1) is 0 Å². The van der Waals surface area contributed by atoms with Gasteiger partial charge in [-0.05, 0) is 19.3 Å². The standard InChI is InChI=1S/C14H22N2O3/c1-17-12-7-9(8-13(18-2)14(12)19-3)16-11-6-4-5-10(11)15/h7-8,10-11,16H,4-6,15H2,1-3H3/t10-,11+/m1/s1. The fourth-order valence-corrected chi connectivity index (χ4v) is 2.55. The van der Waals surface area contributed by atoms with E-state index in [1.807, 2.05) is 12.1 Å². The number of rotatable bonds is 5. The van der Waals surface area contributed by atoms with Crippen LogP contribution < -0.4 is 25.3 Å². The zero-order valence-corrected chi connectivity index (χ0v) is 11.7. The van der Waals surface area contributed by atoms with E-state index in [-0.39, 0.29) is 6.04 Å². The maximum atomic E-state index is 6.07. The van der Waals surface area contributed by atoms with Crippen LogP contribution in [-0.2, 0) is 0 Å². The lowest BCUT2D eigenvalue weighted by atomic mass is 10.1. The van der Waals surface area contributed by atoms with E-state index >= 15 is 0 Å². The third-order valence-corrected chi connectivity index (χ3v) is 3.59. The zero-order valence-electron chi connectivity index (χ0n) is 11.7. The molecule has 0 bridgehead atoms. The predicted octanol–water partition coefficient (Wildman–Crippen LogP) is 2.00. The first-order valence-electron chi connectivity index (χ1n) is 6.51. The Morgan fingerprint density at radius 1 is 1.05 bits per heavy atom. The number of nitrogens with one attached hydrogen (secondary N) is 1. The van der Waals surface area contributed by atoms with E-state index in [4.69, 9.17) is 19.9 Å². The molecule has 0 saturated heterocycles. The normalized spacial score (nSPS) is 22.1. The molecular weight excluding hydrogens is 244 g/mol. The molecule has 3 N–H and O–H groups in total. The lowest BCUT2D eigenvalue weighted by molar-refractivity contribution is 0.324. The molecule has 5 nitrogen and oxygen atoms in total. The van der Waals surface area contributed by atoms with Crippen molar-refractivity contribution in [2.75, 3.05) is 26.6 Å². The van der Waals surface area contributed by atoms with Gasteiger partial charge in [0.15, 0.2) is 11.5 Å². The third kappa shape index (κ3) is 2.87. The van der Waals surface area contributed by atoms with Crippen molar-refractivity contribution < 1.29 is 14.2 Å². The van der Waals surface area contributed by atoms with Gasteiger partial charge in [-0.1, -0.05) is 0 Å². The van der Waals surface area contributed by atoms with Gasteiger partial charge in [0, 0.05) is 29.9 Å². The maximum Gasteiger partial charge on any atom is 0.203 e. The molecular formula is C14H22N2O3. The highest BCUT2D eigenvalue weighted by molar-refractivity contribution is 5.63. The summed E-state index contributed by atoms with van der Waals surface area (Å²) in [5.41, 5.74) is 7.02. The van der Waals surface area contributed by atoms with Crippen LogP contribution in [0.25, 0.3) is 0 Å². The topological polar surface area (TPSA) is 65.7 Å². The number of methoxy groups -OCH3 is 3. The minimum absolute atomic E-state index is 0.207. The van der Waals surface area contributed by atoms with E-state index < -0.39 is 0 Å². The number of hydrogen-bond acceptors (Lipinski definition) is 5. The van der Waals surface area contributed by atoms with Crippen molar-refractivity contribution in [2.24, 2.45) is 5.73 Å². The highest BCUT2D eigenvalue weighted by Crippen LogP contribution is 2.40. The first-order chi connectivity index (χ1) is 9.19. The molecule has 106 valence electrons. The fraction of sp³-hybridized carbons (Fsp3) is 0.571. The van der Waals surface area contributed by atoms with Crippen LogP contribution in [0, 0.1) is 0 Å². The zero-order chi connectivity index (χ0) is 13.8. The first kappa shape index (κ1) is 13.8. The molecule has 0 unspecified atom stereocenters. The summed E-state index contributed by atoms with van der Waals surface area (Å²) < 4.78 is 16.0. The Hall–Kier alpha value is -1.62. The molecule has 5 heteroatoms. The Balaban J connectivity index is 2.25. The van der Waals surface area contributed by atoms with E-state index in [0.29, 0.717) is 23.3 Å². The van der Waals surface area contributed by atoms with Gasteiger partial charge in [0.2, 0.25) is 5.75 Å². The molecule has 19 heavy (non-hydrogen) atoms. The largest absolute Gasteiger partial charge is 0.493 e. The van der Waals surface area contributed by atoms with Gasteiger partial charge in [0.05, 0.1) is 21.3 Å². The molecule has 2 rings (SSSR count). The van der Waals surface area contributed by atoms with Crippen LogP contribution in [0.4, 0.5) is 5.69 Å². The highest BCUT2D eigenvalue weighted by atomic mass is 16.5. The Kier molecular flexibility index (Phi) is 4.37. The van der Waals surface area contributed by atoms with Gasteiger partial charge in [-0.3, -0.25) is 0 Å². The van der Waals surface area contributed by atoms with Crippen molar-refractivity contribution in [1.82, 2.24) is 0 Å². The smallest absolute Gasteiger partial charge is 0.203 e. The Labute approximate surface area is 114 Å². The monoisotopic (exact) mass is 266 g/mol. The second-order valence-corrected chi connectivity index (χ2v) is 4.76. The molecule has 0 aliphatic heterocycles. The minimum Gasteiger partial charge on any atom is -0.493 e. The number of anilines is 1. The molecule has 1 aromatic rings. The molecule has 0 spiro atoms. The van der Waals surface area contributed by atoms with Crippen LogP contribution in [0.2, 0.25) is 0 Å². The van der Waals surface area contributed by atoms with Gasteiger partial charge in [-0.25, -0.2) is 0 Å². The van der Waals surface area contributed by atoms with Crippen molar-refractivity contribution >= 4 is 5.69 Å². The lowest BCUT2D eigenvalue weighted by Crippen LogP contribution is -2.35. The average molecular weight is 266 g/mol. The number of ether oxygens (including phenoxy) is 3. The highest BCUT2D eigenvalue weighted by Gasteiger charge is 2.24. The summed E-state index contributed by atoms with van der Waals surface area (Å²) >= 11 is 0. The Morgan fingerprint density at radius 3 is 2.11 bits per heavy atom. The third-order valence-electron chi connectivity index (χ3n) is 3.59. The summed E-state index contributed by atoms with van der Waals surface area (Å²) in [6.45, 7) is 0. The van der Waals surface area contributed by atoms with Crippen LogP contribution in [0.3, 0.4) is 0 Å². The molecule has 1 saturated carbocycles. The van der Waals surface area contributed by atoms with Crippen LogP contribution >= 0.6 is 0 Å². The molecule has 1 aromatic carbocycles. The van der Waals surface area contributed by atoms with Crippen molar-refractivity contribution in [3.63, 3.8) is 0 Å². The Bertz CT molecular complexity index is 412. The van der Waals surface area contributed by atoms with E-state index in [2.05, 4.69) is 5.32 Å². The van der Waals surface area contributed by atoms with E-state index in [1.165, 1.54) is 6.42 Å². The second kappa shape index (κ2) is 6.02. The summed E-state index contributed by atoms with van der Waals surface area (Å²) in [4.78, 5) is 0. The molecule has 2 atom stereocenters. The van der Waals surface area contributed by atoms with Crippen molar-refractivity contribution in [2.45, 2.75) is 31.3 Å². The molecule has 0 amide bonds. The van der Waals surface area contributed by atoms with E-state index in [9.17, 15) is 0 Å². The summed E-state index contributed by atoms with van der Waals surface area (Å²) in [7, 11) is 4.82. The molecule has 0 heterocycles. The predicted molar refractivity (Wildman–Crippen MR) is 75.3 cm³/mol. The van der Waals surface area contributed by atoms with Crippen molar-refractivity contribution in [1.29, 1.82) is 0 Å². The van der Waals surface area contributed by atoms with Crippen LogP contribution in [0.5, 0.6) is 17.2 Å². The summed E-state index contributed by atoms with van der Waals surface area (Å²) in [5.74, 6) is 1.90. The van der Waals surface area contributed by atoms with Crippen LogP contribution in [0.1, 0.15) is 19.3 Å². The summed E-state index contributed by atoms with van der Waals surface area (Å²) in [6, 6.07) is 4.33. The lowest BCUT2D eigenvalue weighted by Gasteiger charge is -2.20. The van der Waals surface area contributed by atoms with Gasteiger partial charge in [-0.2, -0.15) is 0 Å². The van der Waals surface area contributed by atoms with Crippen LogP contribution in [-0.4, -0.2) is 33.4 Å². The quantitative estimate of drug-likeness (QED) is 0.853. The summed E-state index contributed by atoms with van der Waals surface area (Å²) in [6.07, 6.45) is 3.34. The van der Waals surface area contributed by atoms with E-state index in [1.54, 1.807) is 21.3 Å². The average Bonchev–Trinajstić information content (AvgIpc) is 2.83. The molecule has 1 fully saturated rings. The van der Waals surface area contributed by atoms with Crippen molar-refractivity contribution in [3.05, 3.63) is 12.1 Å². The second-order valence-electron chi connectivity index (χ2n) is 4.76. The Morgan fingerprint density at radius 2 is 1.68 bits per heavy atom. The van der Waals surface area contributed by atoms with E-state index in [0.717, 1.165) is 18.5 Å². The minimum atomic E-state index is 0.207. The van der Waals surface area contributed by atoms with Gasteiger partial charge in [0.1, 0.15) is 0 Å². The van der Waals surface area contributed by atoms with Crippen LogP contribution in [0.15, 0.2) is 12.1 Å². The molecule has 0 aromatic heterocycles. The van der Waals surface area contributed by atoms with Gasteiger partial charge in [0.25, 0.3) is 0 Å². The molecule has 1 aliphatic rings. The maximum absolute atomic E-state index is 6.07. The summed E-state index contributed by atoms with van der Waals surface area (Å²) in [5, 5.41) is 3.45. The molecule has 1 aliphatic carbocycles. The first-order valence-corrected chi connectivity index (χ1v) is 6.51.